The van der Waals surface area contributed by atoms with Crippen molar-refractivity contribution in [2.45, 2.75) is 13.0 Å². The van der Waals surface area contributed by atoms with Crippen LogP contribution in [-0.2, 0) is 7.86 Å². The summed E-state index contributed by atoms with van der Waals surface area (Å²) in [6.45, 7) is 1.35. The third-order valence-electron chi connectivity index (χ3n) is 0.417. The van der Waals surface area contributed by atoms with Crippen molar-refractivity contribution in [3.63, 3.8) is 0 Å². The Morgan fingerprint density at radius 2 is 2.43 bits per heavy atom. The first-order valence-corrected chi connectivity index (χ1v) is 2.57. The molecule has 0 spiro atoms. The van der Waals surface area contributed by atoms with Crippen LogP contribution < -0.4 is 0 Å². The Morgan fingerprint density at radius 3 is 2.43 bits per heavy atom. The summed E-state index contributed by atoms with van der Waals surface area (Å²) < 4.78 is 4.09. The van der Waals surface area contributed by atoms with Gasteiger partial charge in [0.15, 0.2) is 23.0 Å². The van der Waals surface area contributed by atoms with Gasteiger partial charge in [-0.3, -0.25) is 0 Å². The van der Waals surface area contributed by atoms with Crippen LogP contribution in [-0.4, -0.2) is 17.2 Å². The van der Waals surface area contributed by atoms with Crippen LogP contribution in [0.25, 0.3) is 0 Å². The van der Waals surface area contributed by atoms with E-state index in [0.29, 0.717) is 0 Å². The average Bonchev–Trinajstić information content (AvgIpc) is 1.65. The molecule has 0 radical (unpaired) electrons. The SMILES string of the molecule is CC(O)C(=O)OI. The second-order valence-corrected chi connectivity index (χ2v) is 1.51. The smallest absolute Gasteiger partial charge is 0.344 e. The van der Waals surface area contributed by atoms with Gasteiger partial charge in [-0.25, -0.2) is 4.79 Å². The van der Waals surface area contributed by atoms with Crippen LogP contribution in [0, 0.1) is 0 Å². The molecular weight excluding hydrogens is 211 g/mol. The minimum Gasteiger partial charge on any atom is -0.393 e. The third kappa shape index (κ3) is 2.81. The van der Waals surface area contributed by atoms with E-state index in [4.69, 9.17) is 5.11 Å². The Hall–Kier alpha value is 0.160. The molecule has 1 unspecified atom stereocenters. The van der Waals surface area contributed by atoms with Gasteiger partial charge in [-0.2, -0.15) is 0 Å². The molecule has 0 amide bonds. The molecule has 0 rings (SSSR count). The van der Waals surface area contributed by atoms with Crippen molar-refractivity contribution in [3.8, 4) is 0 Å². The minimum absolute atomic E-state index is 0.611. The summed E-state index contributed by atoms with van der Waals surface area (Å²) in [5.41, 5.74) is 0. The monoisotopic (exact) mass is 216 g/mol. The predicted molar refractivity (Wildman–Crippen MR) is 31.8 cm³/mol. The predicted octanol–water partition coefficient (Wildman–Crippen LogP) is 0.260. The number of hydrogen-bond acceptors (Lipinski definition) is 3. The fraction of sp³-hybridized carbons (Fsp3) is 0.667. The van der Waals surface area contributed by atoms with Crippen LogP contribution in [0.15, 0.2) is 0 Å². The standard InChI is InChI=1S/C3H5IO3/c1-2(5)3(6)7-4/h2,5H,1H3. The molecule has 0 aromatic carbocycles. The molecule has 0 saturated carbocycles. The fourth-order valence-electron chi connectivity index (χ4n) is 0.0645. The van der Waals surface area contributed by atoms with Crippen molar-refractivity contribution in [1.82, 2.24) is 0 Å². The van der Waals surface area contributed by atoms with Crippen molar-refractivity contribution in [1.29, 1.82) is 0 Å². The molecule has 0 saturated heterocycles. The summed E-state index contributed by atoms with van der Waals surface area (Å²) in [6.07, 6.45) is -1.00. The molecule has 7 heavy (non-hydrogen) atoms. The van der Waals surface area contributed by atoms with Gasteiger partial charge in [0, 0.05) is 0 Å². The third-order valence-corrected chi connectivity index (χ3v) is 0.851. The van der Waals surface area contributed by atoms with Gasteiger partial charge in [-0.15, -0.1) is 0 Å². The van der Waals surface area contributed by atoms with Gasteiger partial charge in [0.1, 0.15) is 6.10 Å². The number of aliphatic hydroxyl groups excluding tert-OH is 1. The molecule has 0 aliphatic carbocycles. The molecule has 0 aromatic heterocycles. The maximum atomic E-state index is 10.0. The molecule has 0 aliphatic heterocycles. The fourth-order valence-corrected chi connectivity index (χ4v) is 0.432. The summed E-state index contributed by atoms with van der Waals surface area (Å²) in [7, 11) is 0. The molecule has 1 atom stereocenters. The average molecular weight is 216 g/mol. The van der Waals surface area contributed by atoms with Crippen molar-refractivity contribution < 1.29 is 13.0 Å². The summed E-state index contributed by atoms with van der Waals surface area (Å²) in [6, 6.07) is 0. The maximum Gasteiger partial charge on any atom is 0.344 e. The van der Waals surface area contributed by atoms with E-state index < -0.39 is 12.1 Å². The van der Waals surface area contributed by atoms with Crippen molar-refractivity contribution in [2.24, 2.45) is 0 Å². The van der Waals surface area contributed by atoms with Gasteiger partial charge >= 0.3 is 5.97 Å². The van der Waals surface area contributed by atoms with E-state index in [1.807, 2.05) is 0 Å². The second-order valence-electron chi connectivity index (χ2n) is 1.07. The second kappa shape index (κ2) is 3.20. The molecule has 4 heteroatoms. The number of halogens is 1. The lowest BCUT2D eigenvalue weighted by Crippen LogP contribution is -2.14. The van der Waals surface area contributed by atoms with E-state index in [9.17, 15) is 4.79 Å². The Morgan fingerprint density at radius 1 is 2.00 bits per heavy atom. The van der Waals surface area contributed by atoms with Crippen LogP contribution in [0.5, 0.6) is 0 Å². The van der Waals surface area contributed by atoms with Crippen LogP contribution in [0.4, 0.5) is 0 Å². The van der Waals surface area contributed by atoms with E-state index >= 15 is 0 Å². The summed E-state index contributed by atoms with van der Waals surface area (Å²) in [4.78, 5) is 10.0. The molecule has 0 fully saturated rings. The van der Waals surface area contributed by atoms with Crippen LogP contribution >= 0.6 is 23.0 Å². The zero-order valence-corrected chi connectivity index (χ0v) is 5.88. The summed E-state index contributed by atoms with van der Waals surface area (Å²) in [5.74, 6) is -0.611. The lowest BCUT2D eigenvalue weighted by Gasteiger charge is -1.94. The topological polar surface area (TPSA) is 46.5 Å². The van der Waals surface area contributed by atoms with Crippen LogP contribution in [0.2, 0.25) is 0 Å². The highest BCUT2D eigenvalue weighted by atomic mass is 127. The molecule has 42 valence electrons. The Bertz CT molecular complexity index is 70.6. The highest BCUT2D eigenvalue weighted by Crippen LogP contribution is 1.91. The maximum absolute atomic E-state index is 10.0. The minimum atomic E-state index is -1.00. The summed E-state index contributed by atoms with van der Waals surface area (Å²) >= 11 is 1.42. The van der Waals surface area contributed by atoms with Crippen molar-refractivity contribution >= 4 is 29.0 Å². The van der Waals surface area contributed by atoms with Gasteiger partial charge < -0.3 is 8.17 Å². The van der Waals surface area contributed by atoms with E-state index in [2.05, 4.69) is 3.07 Å². The zero-order chi connectivity index (χ0) is 5.86. The molecule has 3 nitrogen and oxygen atoms in total. The van der Waals surface area contributed by atoms with E-state index in [-0.39, 0.29) is 0 Å². The number of rotatable bonds is 1. The first kappa shape index (κ1) is 7.16. The Balaban J connectivity index is 3.35. The Kier molecular flexibility index (Phi) is 3.27. The van der Waals surface area contributed by atoms with Gasteiger partial charge in [-0.1, -0.05) is 0 Å². The van der Waals surface area contributed by atoms with Gasteiger partial charge in [0.25, 0.3) is 0 Å². The van der Waals surface area contributed by atoms with Crippen molar-refractivity contribution in [3.05, 3.63) is 0 Å². The number of carbonyl (C=O) groups is 1. The summed E-state index contributed by atoms with van der Waals surface area (Å²) in [5, 5.41) is 8.34. The lowest BCUT2D eigenvalue weighted by molar-refractivity contribution is -0.139. The quantitative estimate of drug-likeness (QED) is 0.639. The molecule has 0 aromatic rings. The normalized spacial score (nSPS) is 13.0. The molecule has 0 aliphatic rings. The van der Waals surface area contributed by atoms with Gasteiger partial charge in [-0.05, 0) is 6.92 Å². The van der Waals surface area contributed by atoms with Gasteiger partial charge in [0.05, 0.1) is 0 Å². The van der Waals surface area contributed by atoms with E-state index in [0.717, 1.165) is 0 Å². The first-order valence-electron chi connectivity index (χ1n) is 1.69. The highest BCUT2D eigenvalue weighted by Gasteiger charge is 2.06. The number of carbonyl (C=O) groups excluding carboxylic acids is 1. The van der Waals surface area contributed by atoms with Crippen LogP contribution in [0.3, 0.4) is 0 Å². The Labute approximate surface area is 55.4 Å². The van der Waals surface area contributed by atoms with Crippen LogP contribution in [0.1, 0.15) is 6.92 Å². The van der Waals surface area contributed by atoms with Gasteiger partial charge in [0.2, 0.25) is 0 Å². The number of hydrogen-bond donors (Lipinski definition) is 1. The largest absolute Gasteiger partial charge is 0.393 e. The van der Waals surface area contributed by atoms with E-state index in [1.54, 1.807) is 0 Å². The first-order chi connectivity index (χ1) is 3.18. The molecule has 0 bridgehead atoms. The molecule has 1 N–H and O–H groups in total. The highest BCUT2D eigenvalue weighted by molar-refractivity contribution is 14.1. The lowest BCUT2D eigenvalue weighted by atomic mass is 10.4. The van der Waals surface area contributed by atoms with Crippen molar-refractivity contribution in [2.75, 3.05) is 0 Å². The van der Waals surface area contributed by atoms with E-state index in [1.165, 1.54) is 29.9 Å². The zero-order valence-electron chi connectivity index (χ0n) is 3.72. The number of aliphatic hydroxyl groups is 1. The molecule has 0 heterocycles. The molecular formula is C3H5IO3.